The van der Waals surface area contributed by atoms with E-state index in [2.05, 4.69) is 15.5 Å². The summed E-state index contributed by atoms with van der Waals surface area (Å²) in [5.74, 6) is 0.587. The van der Waals surface area contributed by atoms with E-state index in [0.29, 0.717) is 29.5 Å². The third-order valence-corrected chi connectivity index (χ3v) is 7.52. The molecule has 1 aliphatic rings. The molecule has 1 heterocycles. The van der Waals surface area contributed by atoms with Gasteiger partial charge in [-0.3, -0.25) is 4.79 Å². The lowest BCUT2D eigenvalue weighted by molar-refractivity contribution is -0.118. The first kappa shape index (κ1) is 23.8. The maximum atomic E-state index is 13.0. The topological polar surface area (TPSA) is 106 Å². The Morgan fingerprint density at radius 3 is 2.53 bits per heavy atom. The van der Waals surface area contributed by atoms with E-state index < -0.39 is 10.1 Å². The Balaban J connectivity index is 1.66. The zero-order chi connectivity index (χ0) is 24.1. The van der Waals surface area contributed by atoms with Crippen LogP contribution in [0.1, 0.15) is 25.8 Å². The normalized spacial score (nSPS) is 17.4. The number of hydrogen-bond acceptors (Lipinski definition) is 8. The molecule has 0 bridgehead atoms. The summed E-state index contributed by atoms with van der Waals surface area (Å²) in [4.78, 5) is 11.9. The number of nitrogens with zero attached hydrogens (tertiary/aromatic N) is 2. The van der Waals surface area contributed by atoms with Crippen molar-refractivity contribution in [1.82, 2.24) is 5.32 Å². The van der Waals surface area contributed by atoms with Crippen LogP contribution in [0.25, 0.3) is 10.8 Å². The van der Waals surface area contributed by atoms with Gasteiger partial charge in [-0.05, 0) is 54.4 Å². The largest absolute Gasteiger partial charge is 0.494 e. The van der Waals surface area contributed by atoms with Crippen LogP contribution in [0, 0.1) is 0 Å². The van der Waals surface area contributed by atoms with E-state index in [4.69, 9.17) is 8.92 Å². The zero-order valence-electron chi connectivity index (χ0n) is 18.6. The molecule has 1 fully saturated rings. The first-order valence-corrected chi connectivity index (χ1v) is 13.0. The molecule has 4 rings (SSSR count). The molecule has 3 aromatic rings. The van der Waals surface area contributed by atoms with Crippen LogP contribution < -0.4 is 14.2 Å². The number of ether oxygens (including phenoxy) is 1. The Kier molecular flexibility index (Phi) is 7.18. The highest BCUT2D eigenvalue weighted by Gasteiger charge is 2.28. The van der Waals surface area contributed by atoms with Crippen molar-refractivity contribution in [3.8, 4) is 11.5 Å². The number of hydrogen-bond donors (Lipinski definition) is 1. The van der Waals surface area contributed by atoms with E-state index in [1.54, 1.807) is 24.3 Å². The molecule has 0 saturated carbocycles. The molecule has 0 radical (unpaired) electrons. The number of benzene rings is 3. The van der Waals surface area contributed by atoms with Crippen LogP contribution in [0.4, 0.5) is 0 Å². The van der Waals surface area contributed by atoms with Gasteiger partial charge in [0.2, 0.25) is 5.91 Å². The highest BCUT2D eigenvalue weighted by molar-refractivity contribution is 8.15. The summed E-state index contributed by atoms with van der Waals surface area (Å²) in [6.45, 7) is 4.25. The number of carbonyl (C=O) groups is 1. The molecule has 1 atom stereocenters. The predicted octanol–water partition coefficient (Wildman–Crippen LogP) is 4.34. The standard InChI is InChI=1S/C24H23N3O5S2/c1-3-22-23(28)26-24(33-22)27-25-15-20-19-8-6-5-7-16(19)9-14-21(20)32-34(29,30)18-12-10-17(11-13-18)31-4-2/h5-15,22H,3-4H2,1-2H3,(H,26,27,28)/b25-15-/t22-/m0/s1. The van der Waals surface area contributed by atoms with Crippen molar-refractivity contribution in [1.29, 1.82) is 0 Å². The number of amides is 1. The molecule has 1 N–H and O–H groups in total. The summed E-state index contributed by atoms with van der Waals surface area (Å²) < 4.78 is 36.8. The number of amidine groups is 1. The summed E-state index contributed by atoms with van der Waals surface area (Å²) in [5, 5.41) is 12.7. The van der Waals surface area contributed by atoms with Gasteiger partial charge in [0, 0.05) is 5.56 Å². The SMILES string of the molecule is CCOc1ccc(S(=O)(=O)Oc2ccc3ccccc3c2/C=N\N=C2\NC(=O)[C@H](CC)S2)cc1. The molecule has 0 spiro atoms. The fraction of sp³-hybridized carbons (Fsp3) is 0.208. The third-order valence-electron chi connectivity index (χ3n) is 5.04. The number of carbonyl (C=O) groups excluding carboxylic acids is 1. The first-order valence-electron chi connectivity index (χ1n) is 10.7. The van der Waals surface area contributed by atoms with Gasteiger partial charge in [0.05, 0.1) is 18.1 Å². The van der Waals surface area contributed by atoms with Crippen molar-refractivity contribution in [2.75, 3.05) is 6.61 Å². The molecule has 0 unspecified atom stereocenters. The minimum Gasteiger partial charge on any atom is -0.494 e. The van der Waals surface area contributed by atoms with Crippen molar-refractivity contribution >= 4 is 49.9 Å². The molecule has 3 aromatic carbocycles. The molecule has 34 heavy (non-hydrogen) atoms. The van der Waals surface area contributed by atoms with Crippen LogP contribution in [-0.4, -0.2) is 37.6 Å². The molecule has 176 valence electrons. The zero-order valence-corrected chi connectivity index (χ0v) is 20.2. The van der Waals surface area contributed by atoms with Gasteiger partial charge in [-0.1, -0.05) is 49.0 Å². The Labute approximate surface area is 202 Å². The average molecular weight is 498 g/mol. The number of thioether (sulfide) groups is 1. The quantitative estimate of drug-likeness (QED) is 0.282. The average Bonchev–Trinajstić information content (AvgIpc) is 3.20. The van der Waals surface area contributed by atoms with E-state index >= 15 is 0 Å². The van der Waals surface area contributed by atoms with Gasteiger partial charge in [0.15, 0.2) is 10.9 Å². The second-order valence-electron chi connectivity index (χ2n) is 7.29. The molecular formula is C24H23N3O5S2. The van der Waals surface area contributed by atoms with Crippen molar-refractivity contribution in [3.05, 3.63) is 66.2 Å². The first-order chi connectivity index (χ1) is 16.4. The lowest BCUT2D eigenvalue weighted by Gasteiger charge is -2.12. The smallest absolute Gasteiger partial charge is 0.339 e. The number of rotatable bonds is 8. The Morgan fingerprint density at radius 2 is 1.82 bits per heavy atom. The lowest BCUT2D eigenvalue weighted by atomic mass is 10.0. The van der Waals surface area contributed by atoms with E-state index in [1.165, 1.54) is 30.1 Å². The van der Waals surface area contributed by atoms with Gasteiger partial charge < -0.3 is 14.2 Å². The van der Waals surface area contributed by atoms with Crippen molar-refractivity contribution in [2.45, 2.75) is 30.4 Å². The van der Waals surface area contributed by atoms with Crippen LogP contribution in [0.5, 0.6) is 11.5 Å². The number of fused-ring (bicyclic) bond motifs is 1. The van der Waals surface area contributed by atoms with Crippen LogP contribution in [0.2, 0.25) is 0 Å². The van der Waals surface area contributed by atoms with Crippen LogP contribution in [0.3, 0.4) is 0 Å². The van der Waals surface area contributed by atoms with Crippen molar-refractivity contribution in [3.63, 3.8) is 0 Å². The monoisotopic (exact) mass is 497 g/mol. The summed E-state index contributed by atoms with van der Waals surface area (Å²) in [6, 6.07) is 16.9. The minimum atomic E-state index is -4.11. The molecule has 0 aliphatic carbocycles. The fourth-order valence-electron chi connectivity index (χ4n) is 3.38. The van der Waals surface area contributed by atoms with Crippen LogP contribution in [0.15, 0.2) is 75.8 Å². The van der Waals surface area contributed by atoms with Gasteiger partial charge in [-0.2, -0.15) is 13.5 Å². The Bertz CT molecular complexity index is 1370. The van der Waals surface area contributed by atoms with Crippen molar-refractivity contribution in [2.24, 2.45) is 10.2 Å². The van der Waals surface area contributed by atoms with Gasteiger partial charge in [0.25, 0.3) is 0 Å². The highest BCUT2D eigenvalue weighted by atomic mass is 32.2. The Hall–Kier alpha value is -3.37. The van der Waals surface area contributed by atoms with Crippen LogP contribution >= 0.6 is 11.8 Å². The predicted molar refractivity (Wildman–Crippen MR) is 134 cm³/mol. The number of nitrogens with one attached hydrogen (secondary N) is 1. The summed E-state index contributed by atoms with van der Waals surface area (Å²) in [7, 11) is -4.11. The second kappa shape index (κ2) is 10.3. The summed E-state index contributed by atoms with van der Waals surface area (Å²) in [5.41, 5.74) is 0.457. The molecule has 1 aliphatic heterocycles. The van der Waals surface area contributed by atoms with E-state index in [9.17, 15) is 13.2 Å². The summed E-state index contributed by atoms with van der Waals surface area (Å²) in [6.07, 6.45) is 2.12. The maximum absolute atomic E-state index is 13.0. The molecule has 8 nitrogen and oxygen atoms in total. The second-order valence-corrected chi connectivity index (χ2v) is 10.0. The van der Waals surface area contributed by atoms with E-state index in [-0.39, 0.29) is 21.8 Å². The lowest BCUT2D eigenvalue weighted by Crippen LogP contribution is -2.24. The minimum absolute atomic E-state index is 0.00270. The van der Waals surface area contributed by atoms with Crippen LogP contribution in [-0.2, 0) is 14.9 Å². The summed E-state index contributed by atoms with van der Waals surface area (Å²) >= 11 is 1.31. The van der Waals surface area contributed by atoms with E-state index in [0.717, 1.165) is 10.8 Å². The third kappa shape index (κ3) is 5.23. The van der Waals surface area contributed by atoms with Gasteiger partial charge in [-0.15, -0.1) is 5.10 Å². The highest BCUT2D eigenvalue weighted by Crippen LogP contribution is 2.30. The van der Waals surface area contributed by atoms with Crippen molar-refractivity contribution < 1.29 is 22.1 Å². The van der Waals surface area contributed by atoms with Gasteiger partial charge in [-0.25, -0.2) is 0 Å². The Morgan fingerprint density at radius 1 is 1.06 bits per heavy atom. The molecule has 1 amide bonds. The van der Waals surface area contributed by atoms with Gasteiger partial charge in [0.1, 0.15) is 10.6 Å². The molecular weight excluding hydrogens is 474 g/mol. The molecule has 0 aromatic heterocycles. The molecule has 1 saturated heterocycles. The fourth-order valence-corrected chi connectivity index (χ4v) is 5.18. The van der Waals surface area contributed by atoms with Gasteiger partial charge >= 0.3 is 10.1 Å². The maximum Gasteiger partial charge on any atom is 0.339 e. The van der Waals surface area contributed by atoms with E-state index in [1.807, 2.05) is 38.1 Å². The molecule has 10 heteroatoms.